The van der Waals surface area contributed by atoms with Gasteiger partial charge < -0.3 is 15.2 Å². The van der Waals surface area contributed by atoms with E-state index in [0.29, 0.717) is 0 Å². The van der Waals surface area contributed by atoms with Crippen LogP contribution in [-0.2, 0) is 10.0 Å². The molecule has 0 atom stereocenters. The molecule has 2 rings (SSSR count). The Bertz CT molecular complexity index is 664. The average Bonchev–Trinajstić information content (AvgIpc) is 2.53. The number of hydrogen-bond acceptors (Lipinski definition) is 5. The van der Waals surface area contributed by atoms with E-state index in [1.54, 1.807) is 0 Å². The van der Waals surface area contributed by atoms with Crippen LogP contribution in [-0.4, -0.2) is 34.7 Å². The van der Waals surface area contributed by atoms with E-state index in [2.05, 4.69) is 4.72 Å². The Morgan fingerprint density at radius 3 is 2.25 bits per heavy atom. The van der Waals surface area contributed by atoms with Gasteiger partial charge in [0.15, 0.2) is 11.5 Å². The van der Waals surface area contributed by atoms with Crippen molar-refractivity contribution in [3.05, 3.63) is 17.9 Å². The first-order valence-electron chi connectivity index (χ1n) is 7.51. The van der Waals surface area contributed by atoms with Gasteiger partial charge >= 0.3 is 0 Å². The van der Waals surface area contributed by atoms with Crippen molar-refractivity contribution in [3.63, 3.8) is 0 Å². The lowest BCUT2D eigenvalue weighted by Gasteiger charge is -2.33. The highest BCUT2D eigenvalue weighted by atomic mass is 35.5. The third kappa shape index (κ3) is 4.72. The van der Waals surface area contributed by atoms with E-state index in [1.807, 2.05) is 0 Å². The van der Waals surface area contributed by atoms with Crippen molar-refractivity contribution in [2.75, 3.05) is 20.8 Å². The molecule has 0 unspecified atom stereocenters. The largest absolute Gasteiger partial charge is 0.493 e. The highest BCUT2D eigenvalue weighted by Crippen LogP contribution is 2.32. The summed E-state index contributed by atoms with van der Waals surface area (Å²) in [7, 11) is -1.32. The summed E-state index contributed by atoms with van der Waals surface area (Å²) < 4.78 is 51.3. The fourth-order valence-electron chi connectivity index (χ4n) is 2.79. The van der Waals surface area contributed by atoms with Gasteiger partial charge in [0.05, 0.1) is 14.2 Å². The molecule has 0 spiro atoms. The van der Waals surface area contributed by atoms with Gasteiger partial charge in [0.25, 0.3) is 0 Å². The lowest BCUT2D eigenvalue weighted by Crippen LogP contribution is -2.51. The first kappa shape index (κ1) is 21.0. The van der Waals surface area contributed by atoms with E-state index in [1.165, 1.54) is 14.2 Å². The highest BCUT2D eigenvalue weighted by Gasteiger charge is 2.30. The molecule has 0 bridgehead atoms. The van der Waals surface area contributed by atoms with Gasteiger partial charge in [-0.3, -0.25) is 0 Å². The van der Waals surface area contributed by atoms with Crippen LogP contribution in [0, 0.1) is 5.82 Å². The number of benzene rings is 1. The molecule has 1 saturated carbocycles. The zero-order valence-corrected chi connectivity index (χ0v) is 15.4. The molecule has 1 aliphatic rings. The lowest BCUT2D eigenvalue weighted by molar-refractivity contribution is 0.296. The smallest absolute Gasteiger partial charge is 0.243 e. The third-order valence-electron chi connectivity index (χ3n) is 4.19. The van der Waals surface area contributed by atoms with Crippen molar-refractivity contribution in [1.29, 1.82) is 0 Å². The third-order valence-corrected chi connectivity index (χ3v) is 5.61. The zero-order valence-electron chi connectivity index (χ0n) is 13.8. The molecule has 0 heterocycles. The second-order valence-corrected chi connectivity index (χ2v) is 7.62. The summed E-state index contributed by atoms with van der Waals surface area (Å²) in [4.78, 5) is -0.477. The van der Waals surface area contributed by atoms with Crippen LogP contribution >= 0.6 is 12.4 Å². The molecule has 9 heteroatoms. The van der Waals surface area contributed by atoms with E-state index in [-0.39, 0.29) is 30.5 Å². The van der Waals surface area contributed by atoms with Gasteiger partial charge in [-0.15, -0.1) is 12.4 Å². The Morgan fingerprint density at radius 2 is 1.71 bits per heavy atom. The number of methoxy groups -OCH3 is 2. The van der Waals surface area contributed by atoms with Crippen LogP contribution in [0.5, 0.6) is 11.5 Å². The number of ether oxygens (including phenoxy) is 2. The molecule has 0 aromatic heterocycles. The fourth-order valence-corrected chi connectivity index (χ4v) is 4.00. The molecule has 0 radical (unpaired) electrons. The molecule has 138 valence electrons. The minimum Gasteiger partial charge on any atom is -0.493 e. The molecule has 0 saturated heterocycles. The van der Waals surface area contributed by atoms with Gasteiger partial charge in [-0.1, -0.05) is 19.3 Å². The molecule has 1 fully saturated rings. The second kappa shape index (κ2) is 8.33. The molecule has 24 heavy (non-hydrogen) atoms. The molecule has 1 aromatic carbocycles. The van der Waals surface area contributed by atoms with Crippen LogP contribution in [0.2, 0.25) is 0 Å². The van der Waals surface area contributed by atoms with Crippen molar-refractivity contribution in [3.8, 4) is 11.5 Å². The van der Waals surface area contributed by atoms with Crippen LogP contribution < -0.4 is 19.9 Å². The number of rotatable bonds is 6. The monoisotopic (exact) mass is 382 g/mol. The Hall–Kier alpha value is -1.09. The van der Waals surface area contributed by atoms with Crippen molar-refractivity contribution in [1.82, 2.24) is 4.72 Å². The lowest BCUT2D eigenvalue weighted by atomic mass is 9.83. The summed E-state index contributed by atoms with van der Waals surface area (Å²) in [5.41, 5.74) is 5.65. The minimum absolute atomic E-state index is 0. The highest BCUT2D eigenvalue weighted by molar-refractivity contribution is 7.89. The van der Waals surface area contributed by atoms with Gasteiger partial charge in [0, 0.05) is 24.2 Å². The minimum atomic E-state index is -4.03. The maximum Gasteiger partial charge on any atom is 0.243 e. The zero-order chi connectivity index (χ0) is 17.1. The Kier molecular flexibility index (Phi) is 7.27. The maximum absolute atomic E-state index is 14.1. The standard InChI is InChI=1S/C15H23FN2O4S.ClH/c1-21-12-8-11(16)14(9-13(12)22-2)23(19,20)18-10-15(17)6-4-3-5-7-15;/h8-9,18H,3-7,10,17H2,1-2H3;1H. The molecule has 3 N–H and O–H groups in total. The van der Waals surface area contributed by atoms with Crippen LogP contribution in [0.1, 0.15) is 32.1 Å². The fraction of sp³-hybridized carbons (Fsp3) is 0.600. The summed E-state index contributed by atoms with van der Waals surface area (Å²) in [6, 6.07) is 2.10. The van der Waals surface area contributed by atoms with Gasteiger partial charge in [-0.2, -0.15) is 0 Å². The summed E-state index contributed by atoms with van der Waals surface area (Å²) >= 11 is 0. The average molecular weight is 383 g/mol. The first-order chi connectivity index (χ1) is 10.8. The van der Waals surface area contributed by atoms with Crippen LogP contribution in [0.3, 0.4) is 0 Å². The van der Waals surface area contributed by atoms with Crippen LogP contribution in [0.4, 0.5) is 4.39 Å². The van der Waals surface area contributed by atoms with E-state index >= 15 is 0 Å². The second-order valence-electron chi connectivity index (χ2n) is 5.89. The normalized spacial score (nSPS) is 17.0. The van der Waals surface area contributed by atoms with E-state index in [0.717, 1.165) is 44.2 Å². The van der Waals surface area contributed by atoms with Crippen molar-refractivity contribution >= 4 is 22.4 Å². The number of sulfonamides is 1. The maximum atomic E-state index is 14.1. The molecule has 1 aliphatic carbocycles. The Balaban J connectivity index is 0.00000288. The molecular weight excluding hydrogens is 359 g/mol. The Labute approximate surface area is 148 Å². The Morgan fingerprint density at radius 1 is 1.17 bits per heavy atom. The molecule has 0 amide bonds. The van der Waals surface area contributed by atoms with Crippen LogP contribution in [0.15, 0.2) is 17.0 Å². The van der Waals surface area contributed by atoms with E-state index in [9.17, 15) is 12.8 Å². The quantitative estimate of drug-likeness (QED) is 0.787. The topological polar surface area (TPSA) is 90.7 Å². The number of nitrogens with two attached hydrogens (primary N) is 1. The summed E-state index contributed by atoms with van der Waals surface area (Å²) in [6.07, 6.45) is 4.57. The summed E-state index contributed by atoms with van der Waals surface area (Å²) in [5.74, 6) is -0.620. The van der Waals surface area contributed by atoms with Gasteiger partial charge in [0.2, 0.25) is 10.0 Å². The summed E-state index contributed by atoms with van der Waals surface area (Å²) in [5, 5.41) is 0. The SMILES string of the molecule is COc1cc(F)c(S(=O)(=O)NCC2(N)CCCCC2)cc1OC.Cl. The predicted molar refractivity (Wildman–Crippen MR) is 91.9 cm³/mol. The van der Waals surface area contributed by atoms with E-state index < -0.39 is 26.3 Å². The summed E-state index contributed by atoms with van der Waals surface area (Å²) in [6.45, 7) is 0.0864. The number of halogens is 2. The molecule has 6 nitrogen and oxygen atoms in total. The van der Waals surface area contributed by atoms with Crippen LogP contribution in [0.25, 0.3) is 0 Å². The van der Waals surface area contributed by atoms with Gasteiger partial charge in [-0.05, 0) is 12.8 Å². The number of nitrogens with one attached hydrogen (secondary N) is 1. The van der Waals surface area contributed by atoms with Gasteiger partial charge in [-0.25, -0.2) is 17.5 Å². The van der Waals surface area contributed by atoms with Crippen molar-refractivity contribution in [2.45, 2.75) is 42.5 Å². The van der Waals surface area contributed by atoms with Crippen molar-refractivity contribution < 1.29 is 22.3 Å². The molecular formula is C15H24ClFN2O4S. The van der Waals surface area contributed by atoms with Gasteiger partial charge in [0.1, 0.15) is 10.7 Å². The first-order valence-corrected chi connectivity index (χ1v) is 9.00. The number of hydrogen-bond donors (Lipinski definition) is 2. The molecule has 0 aliphatic heterocycles. The molecule has 1 aromatic rings. The van der Waals surface area contributed by atoms with Crippen molar-refractivity contribution in [2.24, 2.45) is 5.73 Å². The predicted octanol–water partition coefficient (Wildman–Crippen LogP) is 2.20. The van der Waals surface area contributed by atoms with E-state index in [4.69, 9.17) is 15.2 Å².